The molecule has 26 heavy (non-hydrogen) atoms. The van der Waals surface area contributed by atoms with E-state index in [9.17, 15) is 15.0 Å². The first kappa shape index (κ1) is 18.0. The number of aliphatic hydroxyl groups excluding tert-OH is 1. The molecular weight excluding hydrogens is 326 g/mol. The number of carboxylic acid groups (broad SMARTS) is 1. The van der Waals surface area contributed by atoms with Crippen LogP contribution < -0.4 is 5.32 Å². The lowest BCUT2D eigenvalue weighted by Crippen LogP contribution is -2.63. The minimum Gasteiger partial charge on any atom is -0.480 e. The molecule has 0 heterocycles. The molecule has 3 N–H and O–H groups in total. The normalized spacial score (nSPS) is 40.3. The van der Waals surface area contributed by atoms with E-state index in [4.69, 9.17) is 0 Å². The van der Waals surface area contributed by atoms with Gasteiger partial charge in [0.05, 0.1) is 12.6 Å². The highest BCUT2D eigenvalue weighted by Gasteiger charge is 2.63. The van der Waals surface area contributed by atoms with E-state index in [0.717, 1.165) is 24.8 Å². The number of benzene rings is 1. The van der Waals surface area contributed by atoms with Crippen molar-refractivity contribution in [3.63, 3.8) is 0 Å². The van der Waals surface area contributed by atoms with Crippen LogP contribution in [-0.4, -0.2) is 28.8 Å². The molecule has 4 nitrogen and oxygen atoms in total. The Kier molecular flexibility index (Phi) is 4.20. The molecule has 4 fully saturated rings. The highest BCUT2D eigenvalue weighted by atomic mass is 16.4. The second-order valence-electron chi connectivity index (χ2n) is 10.1. The summed E-state index contributed by atoms with van der Waals surface area (Å²) in [6.07, 6.45) is 6.71. The Morgan fingerprint density at radius 3 is 2.23 bits per heavy atom. The second kappa shape index (κ2) is 6.07. The standard InChI is InChI=1S/C22H31NO3/c1-20-8-15-9-21(2,12-20)14-22(10-15,13-20)18(19(25)26)23-17(11-24)16-6-4-3-5-7-16/h3-7,15,17-18,23-24H,8-14H2,1-2H3,(H,25,26)/t15?,17-,18+,20?,21?,22?/m0/s1. The van der Waals surface area contributed by atoms with Crippen LogP contribution in [0, 0.1) is 22.2 Å². The lowest BCUT2D eigenvalue weighted by atomic mass is 9.39. The van der Waals surface area contributed by atoms with Crippen LogP contribution in [0.15, 0.2) is 30.3 Å². The van der Waals surface area contributed by atoms with E-state index in [1.165, 1.54) is 19.3 Å². The zero-order chi connectivity index (χ0) is 18.6. The van der Waals surface area contributed by atoms with Crippen molar-refractivity contribution in [1.82, 2.24) is 5.32 Å². The predicted molar refractivity (Wildman–Crippen MR) is 101 cm³/mol. The van der Waals surface area contributed by atoms with Gasteiger partial charge in [0.1, 0.15) is 6.04 Å². The lowest BCUT2D eigenvalue weighted by molar-refractivity contribution is -0.175. The minimum absolute atomic E-state index is 0.0954. The first-order valence-electron chi connectivity index (χ1n) is 9.91. The van der Waals surface area contributed by atoms with Crippen LogP contribution in [0.25, 0.3) is 0 Å². The van der Waals surface area contributed by atoms with Crippen LogP contribution in [0.1, 0.15) is 64.0 Å². The van der Waals surface area contributed by atoms with E-state index >= 15 is 0 Å². The maximum atomic E-state index is 12.4. The summed E-state index contributed by atoms with van der Waals surface area (Å²) in [5.74, 6) is -0.122. The Morgan fingerprint density at radius 2 is 1.73 bits per heavy atom. The molecule has 0 saturated heterocycles. The Morgan fingerprint density at radius 1 is 1.12 bits per heavy atom. The average molecular weight is 357 g/mol. The quantitative estimate of drug-likeness (QED) is 0.725. The van der Waals surface area contributed by atoms with Crippen molar-refractivity contribution in [3.8, 4) is 0 Å². The monoisotopic (exact) mass is 357 g/mol. The van der Waals surface area contributed by atoms with Gasteiger partial charge >= 0.3 is 5.97 Å². The van der Waals surface area contributed by atoms with E-state index in [1.54, 1.807) is 0 Å². The van der Waals surface area contributed by atoms with Gasteiger partial charge in [0.25, 0.3) is 0 Å². The minimum atomic E-state index is -0.770. The van der Waals surface area contributed by atoms with Crippen molar-refractivity contribution in [2.75, 3.05) is 6.61 Å². The van der Waals surface area contributed by atoms with Crippen LogP contribution in [0.5, 0.6) is 0 Å². The van der Waals surface area contributed by atoms with Crippen LogP contribution in [0.2, 0.25) is 0 Å². The Balaban J connectivity index is 1.65. The van der Waals surface area contributed by atoms with Crippen LogP contribution in [0.4, 0.5) is 0 Å². The third-order valence-electron chi connectivity index (χ3n) is 7.28. The van der Waals surface area contributed by atoms with Crippen LogP contribution in [0.3, 0.4) is 0 Å². The summed E-state index contributed by atoms with van der Waals surface area (Å²) in [5, 5.41) is 23.4. The SMILES string of the molecule is CC12CC3CC(C)(C1)CC([C@H](N[C@@H](CO)c1ccccc1)C(=O)O)(C3)C2. The van der Waals surface area contributed by atoms with Gasteiger partial charge in [-0.15, -0.1) is 0 Å². The number of aliphatic hydroxyl groups is 1. The van der Waals surface area contributed by atoms with Gasteiger partial charge in [0, 0.05) is 0 Å². The fraction of sp³-hybridized carbons (Fsp3) is 0.682. The smallest absolute Gasteiger partial charge is 0.321 e. The Labute approximate surface area is 156 Å². The molecular formula is C22H31NO3. The number of hydrogen-bond acceptors (Lipinski definition) is 3. The maximum absolute atomic E-state index is 12.4. The molecule has 4 atom stereocenters. The summed E-state index contributed by atoms with van der Waals surface area (Å²) < 4.78 is 0. The molecule has 5 rings (SSSR count). The predicted octanol–water partition coefficient (Wildman–Crippen LogP) is 3.76. The number of rotatable bonds is 6. The molecule has 4 bridgehead atoms. The summed E-state index contributed by atoms with van der Waals surface area (Å²) >= 11 is 0. The average Bonchev–Trinajstić information content (AvgIpc) is 2.52. The van der Waals surface area contributed by atoms with Gasteiger partial charge in [0.2, 0.25) is 0 Å². The second-order valence-corrected chi connectivity index (χ2v) is 10.1. The van der Waals surface area contributed by atoms with Gasteiger partial charge in [-0.25, -0.2) is 0 Å². The van der Waals surface area contributed by atoms with Crippen LogP contribution >= 0.6 is 0 Å². The Hall–Kier alpha value is -1.39. The van der Waals surface area contributed by atoms with E-state index in [2.05, 4.69) is 19.2 Å². The van der Waals surface area contributed by atoms with Gasteiger partial charge in [-0.1, -0.05) is 44.2 Å². The number of aliphatic carboxylic acids is 1. The third kappa shape index (κ3) is 2.97. The summed E-state index contributed by atoms with van der Waals surface area (Å²) in [6, 6.07) is 8.76. The topological polar surface area (TPSA) is 69.6 Å². The summed E-state index contributed by atoms with van der Waals surface area (Å²) in [6.45, 7) is 4.63. The molecule has 2 unspecified atom stereocenters. The van der Waals surface area contributed by atoms with Gasteiger partial charge in [-0.05, 0) is 66.3 Å². The highest BCUT2D eigenvalue weighted by Crippen LogP contribution is 2.70. The number of nitrogens with one attached hydrogen (secondary N) is 1. The van der Waals surface area contributed by atoms with E-state index in [0.29, 0.717) is 5.92 Å². The van der Waals surface area contributed by atoms with Gasteiger partial charge in [0.15, 0.2) is 0 Å². The fourth-order valence-electron chi connectivity index (χ4n) is 7.51. The van der Waals surface area contributed by atoms with E-state index in [-0.39, 0.29) is 28.9 Å². The Bertz CT molecular complexity index is 670. The highest BCUT2D eigenvalue weighted by molar-refractivity contribution is 5.75. The first-order chi connectivity index (χ1) is 12.3. The van der Waals surface area contributed by atoms with Crippen molar-refractivity contribution in [2.45, 2.75) is 64.5 Å². The molecule has 0 radical (unpaired) electrons. The fourth-order valence-corrected chi connectivity index (χ4v) is 7.51. The zero-order valence-electron chi connectivity index (χ0n) is 15.9. The largest absolute Gasteiger partial charge is 0.480 e. The number of hydrogen-bond donors (Lipinski definition) is 3. The van der Waals surface area contributed by atoms with Gasteiger partial charge in [-0.3, -0.25) is 10.1 Å². The molecule has 4 heteroatoms. The lowest BCUT2D eigenvalue weighted by Gasteiger charge is -2.66. The van der Waals surface area contributed by atoms with E-state index < -0.39 is 12.0 Å². The molecule has 4 saturated carbocycles. The molecule has 142 valence electrons. The molecule has 1 aromatic rings. The molecule has 0 aromatic heterocycles. The number of carbonyl (C=O) groups is 1. The first-order valence-corrected chi connectivity index (χ1v) is 9.91. The molecule has 0 spiro atoms. The third-order valence-corrected chi connectivity index (χ3v) is 7.28. The summed E-state index contributed by atoms with van der Waals surface area (Å²) in [7, 11) is 0. The molecule has 4 aliphatic rings. The molecule has 0 amide bonds. The van der Waals surface area contributed by atoms with Gasteiger partial charge in [-0.2, -0.15) is 0 Å². The van der Waals surface area contributed by atoms with Crippen LogP contribution in [-0.2, 0) is 4.79 Å². The van der Waals surface area contributed by atoms with E-state index in [1.807, 2.05) is 30.3 Å². The van der Waals surface area contributed by atoms with Gasteiger partial charge < -0.3 is 10.2 Å². The maximum Gasteiger partial charge on any atom is 0.321 e. The van der Waals surface area contributed by atoms with Crippen molar-refractivity contribution in [2.24, 2.45) is 22.2 Å². The molecule has 1 aromatic carbocycles. The number of carboxylic acids is 1. The molecule has 0 aliphatic heterocycles. The van der Waals surface area contributed by atoms with Crippen molar-refractivity contribution < 1.29 is 15.0 Å². The zero-order valence-corrected chi connectivity index (χ0v) is 15.9. The van der Waals surface area contributed by atoms with Crippen molar-refractivity contribution in [3.05, 3.63) is 35.9 Å². The van der Waals surface area contributed by atoms with Crippen molar-refractivity contribution >= 4 is 5.97 Å². The summed E-state index contributed by atoms with van der Waals surface area (Å²) in [4.78, 5) is 12.4. The summed E-state index contributed by atoms with van der Waals surface area (Å²) in [5.41, 5.74) is 1.29. The van der Waals surface area contributed by atoms with Crippen molar-refractivity contribution in [1.29, 1.82) is 0 Å². The molecule has 4 aliphatic carbocycles.